The van der Waals surface area contributed by atoms with Gasteiger partial charge in [0.15, 0.2) is 0 Å². The highest BCUT2D eigenvalue weighted by molar-refractivity contribution is 5.80. The van der Waals surface area contributed by atoms with E-state index in [2.05, 4.69) is 12.1 Å². The summed E-state index contributed by atoms with van der Waals surface area (Å²) < 4.78 is 1.81. The van der Waals surface area contributed by atoms with Gasteiger partial charge in [-0.15, -0.1) is 0 Å². The lowest BCUT2D eigenvalue weighted by Crippen LogP contribution is -2.24. The predicted octanol–water partition coefficient (Wildman–Crippen LogP) is 4.61. The molecule has 0 aliphatic heterocycles. The number of nitrogens with zero attached hydrogens (tertiary/aromatic N) is 2. The fourth-order valence-corrected chi connectivity index (χ4v) is 3.24. The zero-order chi connectivity index (χ0) is 17.9. The van der Waals surface area contributed by atoms with Crippen LogP contribution in [0.4, 0.5) is 0 Å². The molecule has 0 aliphatic carbocycles. The van der Waals surface area contributed by atoms with Crippen LogP contribution in [0.1, 0.15) is 11.1 Å². The van der Waals surface area contributed by atoms with Gasteiger partial charge in [-0.05, 0) is 31.0 Å². The largest absolute Gasteiger partial charge is 0.292 e. The van der Waals surface area contributed by atoms with Crippen molar-refractivity contribution in [1.29, 1.82) is 0 Å². The molecule has 4 aromatic rings. The molecule has 0 amide bonds. The molecule has 0 atom stereocenters. The van der Waals surface area contributed by atoms with Crippen LogP contribution in [0.25, 0.3) is 22.3 Å². The minimum atomic E-state index is 0.0217. The van der Waals surface area contributed by atoms with Gasteiger partial charge in [-0.3, -0.25) is 9.36 Å². The Balaban J connectivity index is 1.87. The van der Waals surface area contributed by atoms with Crippen LogP contribution in [0, 0.1) is 6.92 Å². The Hall–Kier alpha value is -3.20. The maximum absolute atomic E-state index is 13.2. The van der Waals surface area contributed by atoms with Gasteiger partial charge in [0.1, 0.15) is 5.82 Å². The van der Waals surface area contributed by atoms with E-state index in [9.17, 15) is 4.79 Å². The fourth-order valence-electron chi connectivity index (χ4n) is 3.24. The first kappa shape index (κ1) is 16.3. The van der Waals surface area contributed by atoms with Gasteiger partial charge in [-0.2, -0.15) is 0 Å². The minimum Gasteiger partial charge on any atom is -0.292 e. The summed E-state index contributed by atoms with van der Waals surface area (Å²) in [6.07, 6.45) is 0.791. The molecule has 0 saturated heterocycles. The molecule has 128 valence electrons. The Labute approximate surface area is 152 Å². The number of fused-ring (bicyclic) bond motifs is 1. The summed E-state index contributed by atoms with van der Waals surface area (Å²) in [5.41, 5.74) is 4.00. The SMILES string of the molecule is Cc1ccc2nc(-c3ccccc3)n(CCc3ccccc3)c(=O)c2c1. The van der Waals surface area contributed by atoms with Gasteiger partial charge in [-0.25, -0.2) is 4.98 Å². The van der Waals surface area contributed by atoms with E-state index in [0.29, 0.717) is 11.9 Å². The predicted molar refractivity (Wildman–Crippen MR) is 106 cm³/mol. The maximum atomic E-state index is 13.2. The molecule has 1 aromatic heterocycles. The first-order valence-corrected chi connectivity index (χ1v) is 8.83. The number of hydrogen-bond donors (Lipinski definition) is 0. The van der Waals surface area contributed by atoms with Crippen molar-refractivity contribution >= 4 is 10.9 Å². The lowest BCUT2D eigenvalue weighted by molar-refractivity contribution is 0.671. The Morgan fingerprint density at radius 1 is 0.885 bits per heavy atom. The summed E-state index contributed by atoms with van der Waals surface area (Å²) >= 11 is 0. The average Bonchev–Trinajstić information content (AvgIpc) is 2.69. The third-order valence-electron chi connectivity index (χ3n) is 4.61. The molecule has 0 N–H and O–H groups in total. The van der Waals surface area contributed by atoms with Crippen LogP contribution in [0.2, 0.25) is 0 Å². The smallest absolute Gasteiger partial charge is 0.261 e. The highest BCUT2D eigenvalue weighted by Gasteiger charge is 2.13. The van der Waals surface area contributed by atoms with Crippen LogP contribution in [0.5, 0.6) is 0 Å². The van der Waals surface area contributed by atoms with Crippen LogP contribution in [0.15, 0.2) is 83.7 Å². The van der Waals surface area contributed by atoms with Crippen LogP contribution in [-0.4, -0.2) is 9.55 Å². The van der Waals surface area contributed by atoms with Crippen molar-refractivity contribution < 1.29 is 0 Å². The van der Waals surface area contributed by atoms with E-state index >= 15 is 0 Å². The number of aromatic nitrogens is 2. The van der Waals surface area contributed by atoms with E-state index in [4.69, 9.17) is 4.98 Å². The van der Waals surface area contributed by atoms with Crippen LogP contribution < -0.4 is 5.56 Å². The quantitative estimate of drug-likeness (QED) is 0.543. The van der Waals surface area contributed by atoms with Crippen molar-refractivity contribution in [2.45, 2.75) is 19.9 Å². The van der Waals surface area contributed by atoms with Crippen molar-refractivity contribution in [1.82, 2.24) is 9.55 Å². The summed E-state index contributed by atoms with van der Waals surface area (Å²) in [6.45, 7) is 2.60. The second kappa shape index (κ2) is 6.96. The molecule has 0 aliphatic rings. The highest BCUT2D eigenvalue weighted by Crippen LogP contribution is 2.20. The molecule has 0 saturated carbocycles. The monoisotopic (exact) mass is 340 g/mol. The summed E-state index contributed by atoms with van der Waals surface area (Å²) in [7, 11) is 0. The zero-order valence-corrected chi connectivity index (χ0v) is 14.7. The normalized spacial score (nSPS) is 11.0. The summed E-state index contributed by atoms with van der Waals surface area (Å²) in [5, 5.41) is 0.678. The Bertz CT molecular complexity index is 1100. The summed E-state index contributed by atoms with van der Waals surface area (Å²) in [6, 6.07) is 26.0. The van der Waals surface area contributed by atoms with E-state index in [1.807, 2.05) is 78.2 Å². The molecule has 3 aromatic carbocycles. The second-order valence-electron chi connectivity index (χ2n) is 6.51. The molecule has 3 nitrogen and oxygen atoms in total. The standard InChI is InChI=1S/C23H20N2O/c1-17-12-13-21-20(16-17)23(26)25(15-14-18-8-4-2-5-9-18)22(24-21)19-10-6-3-7-11-19/h2-13,16H,14-15H2,1H3. The highest BCUT2D eigenvalue weighted by atomic mass is 16.1. The molecule has 0 unspecified atom stereocenters. The van der Waals surface area contributed by atoms with Gasteiger partial charge in [0.25, 0.3) is 5.56 Å². The molecule has 26 heavy (non-hydrogen) atoms. The molecule has 0 radical (unpaired) electrons. The van der Waals surface area contributed by atoms with Crippen molar-refractivity contribution in [3.05, 3.63) is 100 Å². The maximum Gasteiger partial charge on any atom is 0.261 e. The Morgan fingerprint density at radius 3 is 2.31 bits per heavy atom. The number of rotatable bonds is 4. The number of aryl methyl sites for hydroxylation is 2. The van der Waals surface area contributed by atoms with Crippen molar-refractivity contribution in [3.63, 3.8) is 0 Å². The second-order valence-corrected chi connectivity index (χ2v) is 6.51. The van der Waals surface area contributed by atoms with Crippen LogP contribution in [-0.2, 0) is 13.0 Å². The minimum absolute atomic E-state index is 0.0217. The molecule has 1 heterocycles. The third kappa shape index (κ3) is 3.16. The van der Waals surface area contributed by atoms with Gasteiger partial charge in [0.2, 0.25) is 0 Å². The first-order valence-electron chi connectivity index (χ1n) is 8.83. The van der Waals surface area contributed by atoms with Gasteiger partial charge >= 0.3 is 0 Å². The molecule has 3 heteroatoms. The Morgan fingerprint density at radius 2 is 1.58 bits per heavy atom. The van der Waals surface area contributed by atoms with Gasteiger partial charge in [0.05, 0.1) is 10.9 Å². The van der Waals surface area contributed by atoms with Crippen LogP contribution in [0.3, 0.4) is 0 Å². The van der Waals surface area contributed by atoms with Crippen LogP contribution >= 0.6 is 0 Å². The molecule has 4 rings (SSSR count). The van der Waals surface area contributed by atoms with Gasteiger partial charge < -0.3 is 0 Å². The van der Waals surface area contributed by atoms with E-state index in [1.165, 1.54) is 5.56 Å². The van der Waals surface area contributed by atoms with E-state index in [0.717, 1.165) is 28.9 Å². The topological polar surface area (TPSA) is 34.9 Å². The van der Waals surface area contributed by atoms with Crippen molar-refractivity contribution in [3.8, 4) is 11.4 Å². The van der Waals surface area contributed by atoms with Gasteiger partial charge in [-0.1, -0.05) is 72.3 Å². The van der Waals surface area contributed by atoms with Crippen molar-refractivity contribution in [2.24, 2.45) is 0 Å². The number of benzene rings is 3. The van der Waals surface area contributed by atoms with Crippen molar-refractivity contribution in [2.75, 3.05) is 0 Å². The molecule has 0 spiro atoms. The average molecular weight is 340 g/mol. The van der Waals surface area contributed by atoms with E-state index in [1.54, 1.807) is 0 Å². The van der Waals surface area contributed by atoms with Gasteiger partial charge in [0, 0.05) is 12.1 Å². The lowest BCUT2D eigenvalue weighted by atomic mass is 10.1. The summed E-state index contributed by atoms with van der Waals surface area (Å²) in [5.74, 6) is 0.725. The Kier molecular flexibility index (Phi) is 4.36. The zero-order valence-electron chi connectivity index (χ0n) is 14.7. The third-order valence-corrected chi connectivity index (χ3v) is 4.61. The molecule has 0 fully saturated rings. The number of hydrogen-bond acceptors (Lipinski definition) is 2. The summed E-state index contributed by atoms with van der Waals surface area (Å²) in [4.78, 5) is 18.0. The van der Waals surface area contributed by atoms with E-state index < -0.39 is 0 Å². The van der Waals surface area contributed by atoms with E-state index in [-0.39, 0.29) is 5.56 Å². The first-order chi connectivity index (χ1) is 12.7. The fraction of sp³-hybridized carbons (Fsp3) is 0.130. The molecule has 0 bridgehead atoms. The lowest BCUT2D eigenvalue weighted by Gasteiger charge is -2.14. The molecular formula is C23H20N2O. The molecular weight excluding hydrogens is 320 g/mol.